The molecule has 1 aromatic rings. The molecule has 0 bridgehead atoms. The number of nitrogens with zero attached hydrogens (tertiary/aromatic N) is 2. The zero-order valence-corrected chi connectivity index (χ0v) is 18.0. The number of carbonyl (C=O) groups excluding carboxylic acids is 2. The van der Waals surface area contributed by atoms with E-state index >= 15 is 0 Å². The van der Waals surface area contributed by atoms with E-state index in [-0.39, 0.29) is 41.7 Å². The molecule has 0 spiro atoms. The van der Waals surface area contributed by atoms with E-state index in [1.54, 1.807) is 6.07 Å². The first-order valence-electron chi connectivity index (χ1n) is 10.1. The van der Waals surface area contributed by atoms with E-state index in [9.17, 15) is 18.0 Å². The number of piperidine rings is 1. The highest BCUT2D eigenvalue weighted by molar-refractivity contribution is 7.89. The summed E-state index contributed by atoms with van der Waals surface area (Å²) in [5.74, 6) is 0.302. The first kappa shape index (κ1) is 21.6. The fraction of sp³-hybridized carbons (Fsp3) is 0.600. The Morgan fingerprint density at radius 2 is 1.93 bits per heavy atom. The number of hydrogen-bond acceptors (Lipinski definition) is 5. The second kappa shape index (κ2) is 8.71. The molecule has 8 nitrogen and oxygen atoms in total. The maximum absolute atomic E-state index is 13.2. The summed E-state index contributed by atoms with van der Waals surface area (Å²) >= 11 is 0. The first-order chi connectivity index (χ1) is 13.7. The number of sulfonamides is 1. The van der Waals surface area contributed by atoms with Gasteiger partial charge in [0.25, 0.3) is 5.91 Å². The Balaban J connectivity index is 1.90. The Hall–Kier alpha value is -2.13. The van der Waals surface area contributed by atoms with Gasteiger partial charge in [0.15, 0.2) is 6.61 Å². The Morgan fingerprint density at radius 3 is 2.59 bits per heavy atom. The smallest absolute Gasteiger partial charge is 0.265 e. The molecule has 0 unspecified atom stereocenters. The van der Waals surface area contributed by atoms with Crippen molar-refractivity contribution in [3.63, 3.8) is 0 Å². The van der Waals surface area contributed by atoms with Gasteiger partial charge in [0, 0.05) is 19.6 Å². The van der Waals surface area contributed by atoms with Crippen LogP contribution in [0.5, 0.6) is 5.75 Å². The number of anilines is 1. The molecule has 0 aromatic heterocycles. The highest BCUT2D eigenvalue weighted by atomic mass is 32.2. The Bertz CT molecular complexity index is 876. The lowest BCUT2D eigenvalue weighted by molar-refractivity contribution is -0.125. The zero-order chi connectivity index (χ0) is 21.2. The van der Waals surface area contributed by atoms with Crippen molar-refractivity contribution in [3.05, 3.63) is 18.2 Å². The summed E-state index contributed by atoms with van der Waals surface area (Å²) in [7, 11) is -3.71. The standard InChI is InChI=1S/C20H29N3O5S/c1-4-7-21-19(24)12-23-17-9-16(5-6-18(17)28-13-20(23)25)29(26,27)22-10-14(2)8-15(3)11-22/h5-6,9,14-15H,4,7-8,10-13H2,1-3H3,(H,21,24)/t14-,15+. The van der Waals surface area contributed by atoms with E-state index in [2.05, 4.69) is 5.32 Å². The van der Waals surface area contributed by atoms with Crippen molar-refractivity contribution in [3.8, 4) is 5.75 Å². The summed E-state index contributed by atoms with van der Waals surface area (Å²) in [5, 5.41) is 2.74. The fourth-order valence-electron chi connectivity index (χ4n) is 3.93. The van der Waals surface area contributed by atoms with E-state index in [1.807, 2.05) is 20.8 Å². The van der Waals surface area contributed by atoms with Crippen LogP contribution in [0.1, 0.15) is 33.6 Å². The zero-order valence-electron chi connectivity index (χ0n) is 17.2. The molecular weight excluding hydrogens is 394 g/mol. The second-order valence-corrected chi connectivity index (χ2v) is 9.95. The molecule has 2 atom stereocenters. The maximum atomic E-state index is 13.2. The van der Waals surface area contributed by atoms with Gasteiger partial charge in [-0.05, 0) is 42.9 Å². The molecule has 0 saturated carbocycles. The topological polar surface area (TPSA) is 96.0 Å². The highest BCUT2D eigenvalue weighted by Crippen LogP contribution is 2.36. The number of hydrogen-bond donors (Lipinski definition) is 1. The fourth-order valence-corrected chi connectivity index (χ4v) is 5.63. The van der Waals surface area contributed by atoms with E-state index in [0.717, 1.165) is 12.8 Å². The number of nitrogens with one attached hydrogen (secondary N) is 1. The largest absolute Gasteiger partial charge is 0.482 e. The minimum atomic E-state index is -3.71. The molecule has 2 heterocycles. The average molecular weight is 424 g/mol. The van der Waals surface area contributed by atoms with Gasteiger partial charge in [-0.1, -0.05) is 20.8 Å². The van der Waals surface area contributed by atoms with Gasteiger partial charge in [0.1, 0.15) is 12.3 Å². The van der Waals surface area contributed by atoms with Crippen LogP contribution >= 0.6 is 0 Å². The van der Waals surface area contributed by atoms with Crippen LogP contribution in [0.25, 0.3) is 0 Å². The molecule has 1 N–H and O–H groups in total. The van der Waals surface area contributed by atoms with Crippen molar-refractivity contribution in [2.75, 3.05) is 37.7 Å². The maximum Gasteiger partial charge on any atom is 0.265 e. The molecule has 2 aliphatic heterocycles. The lowest BCUT2D eigenvalue weighted by Crippen LogP contribution is -2.45. The molecule has 160 valence electrons. The lowest BCUT2D eigenvalue weighted by Gasteiger charge is -2.34. The van der Waals surface area contributed by atoms with Crippen LogP contribution in [-0.4, -0.2) is 57.3 Å². The van der Waals surface area contributed by atoms with Gasteiger partial charge in [-0.25, -0.2) is 8.42 Å². The summed E-state index contributed by atoms with van der Waals surface area (Å²) < 4.78 is 33.4. The number of amides is 2. The number of benzene rings is 1. The number of ether oxygens (including phenoxy) is 1. The third-order valence-electron chi connectivity index (χ3n) is 5.22. The second-order valence-electron chi connectivity index (χ2n) is 8.02. The quantitative estimate of drug-likeness (QED) is 0.750. The normalized spacial score (nSPS) is 22.7. The van der Waals surface area contributed by atoms with Gasteiger partial charge in [-0.3, -0.25) is 14.5 Å². The minimum absolute atomic E-state index is 0.106. The predicted molar refractivity (Wildman–Crippen MR) is 109 cm³/mol. The van der Waals surface area contributed by atoms with E-state index in [0.29, 0.717) is 31.1 Å². The lowest BCUT2D eigenvalue weighted by atomic mass is 9.94. The average Bonchev–Trinajstić information content (AvgIpc) is 2.67. The highest BCUT2D eigenvalue weighted by Gasteiger charge is 2.34. The van der Waals surface area contributed by atoms with Gasteiger partial charge in [-0.15, -0.1) is 0 Å². The van der Waals surface area contributed by atoms with Gasteiger partial charge < -0.3 is 10.1 Å². The van der Waals surface area contributed by atoms with Gasteiger partial charge in [0.2, 0.25) is 15.9 Å². The molecule has 1 fully saturated rings. The molecule has 9 heteroatoms. The van der Waals surface area contributed by atoms with Crippen molar-refractivity contribution in [1.29, 1.82) is 0 Å². The van der Waals surface area contributed by atoms with Crippen molar-refractivity contribution >= 4 is 27.5 Å². The third-order valence-corrected chi connectivity index (χ3v) is 7.05. The molecule has 0 aliphatic carbocycles. The summed E-state index contributed by atoms with van der Waals surface area (Å²) in [5.41, 5.74) is 0.312. The van der Waals surface area contributed by atoms with E-state index in [4.69, 9.17) is 4.74 Å². The molecule has 3 rings (SSSR count). The predicted octanol–water partition coefficient (Wildman–Crippen LogP) is 1.60. The monoisotopic (exact) mass is 423 g/mol. The van der Waals surface area contributed by atoms with Crippen molar-refractivity contribution < 1.29 is 22.7 Å². The van der Waals surface area contributed by atoms with Crippen LogP contribution < -0.4 is 15.0 Å². The SMILES string of the molecule is CCCNC(=O)CN1C(=O)COc2ccc(S(=O)(=O)N3C[C@H](C)C[C@H](C)C3)cc21. The summed E-state index contributed by atoms with van der Waals surface area (Å²) in [4.78, 5) is 25.9. The molecule has 1 saturated heterocycles. The molecular formula is C20H29N3O5S. The molecule has 2 aliphatic rings. The van der Waals surface area contributed by atoms with Crippen molar-refractivity contribution in [1.82, 2.24) is 9.62 Å². The Morgan fingerprint density at radius 1 is 1.24 bits per heavy atom. The van der Waals surface area contributed by atoms with Gasteiger partial charge in [0.05, 0.1) is 10.6 Å². The molecule has 1 aromatic carbocycles. The number of carbonyl (C=O) groups is 2. The Labute approximate surface area is 172 Å². The van der Waals surface area contributed by atoms with Crippen LogP contribution in [0.4, 0.5) is 5.69 Å². The summed E-state index contributed by atoms with van der Waals surface area (Å²) in [6.07, 6.45) is 1.79. The number of rotatable bonds is 6. The van der Waals surface area contributed by atoms with E-state index in [1.165, 1.54) is 21.3 Å². The number of fused-ring (bicyclic) bond motifs is 1. The minimum Gasteiger partial charge on any atom is -0.482 e. The van der Waals surface area contributed by atoms with Crippen LogP contribution in [0.3, 0.4) is 0 Å². The molecule has 29 heavy (non-hydrogen) atoms. The molecule has 0 radical (unpaired) electrons. The third kappa shape index (κ3) is 4.72. The van der Waals surface area contributed by atoms with Gasteiger partial charge >= 0.3 is 0 Å². The Kier molecular flexibility index (Phi) is 6.48. The van der Waals surface area contributed by atoms with Crippen molar-refractivity contribution in [2.45, 2.75) is 38.5 Å². The van der Waals surface area contributed by atoms with Crippen LogP contribution in [0.15, 0.2) is 23.1 Å². The summed E-state index contributed by atoms with van der Waals surface area (Å²) in [6, 6.07) is 4.50. The van der Waals surface area contributed by atoms with Crippen LogP contribution in [0, 0.1) is 11.8 Å². The van der Waals surface area contributed by atoms with Crippen molar-refractivity contribution in [2.24, 2.45) is 11.8 Å². The van der Waals surface area contributed by atoms with Crippen LogP contribution in [-0.2, 0) is 19.6 Å². The first-order valence-corrected chi connectivity index (χ1v) is 11.5. The van der Waals surface area contributed by atoms with Crippen LogP contribution in [0.2, 0.25) is 0 Å². The summed E-state index contributed by atoms with van der Waals surface area (Å²) in [6.45, 7) is 7.16. The molecule has 2 amide bonds. The van der Waals surface area contributed by atoms with E-state index < -0.39 is 10.0 Å². The van der Waals surface area contributed by atoms with Gasteiger partial charge in [-0.2, -0.15) is 4.31 Å².